The Bertz CT molecular complexity index is 5290. The van der Waals surface area contributed by atoms with Crippen LogP contribution in [0.3, 0.4) is 0 Å². The molecule has 506 valence electrons. The van der Waals surface area contributed by atoms with Crippen molar-refractivity contribution >= 4 is 68.2 Å². The fourth-order valence-corrected chi connectivity index (χ4v) is 11.3. The number of aryl methyl sites for hydroxylation is 6. The number of carbonyl (C=O) groups excluding carboxylic acids is 4. The first-order valence-electron chi connectivity index (χ1n) is 32.5. The lowest BCUT2D eigenvalue weighted by Gasteiger charge is -2.10. The molecule has 0 saturated carbocycles. The number of fused-ring (bicyclic) bond motifs is 4. The van der Waals surface area contributed by atoms with Crippen LogP contribution in [0.25, 0.3) is 55.7 Å². The second-order valence-electron chi connectivity index (χ2n) is 24.4. The molecule has 0 spiro atoms. The van der Waals surface area contributed by atoms with Crippen molar-refractivity contribution in [3.05, 3.63) is 313 Å². The van der Waals surface area contributed by atoms with E-state index in [2.05, 4.69) is 10.6 Å². The molecule has 0 saturated heterocycles. The number of allylic oxidation sites excluding steroid dienone is 2. The molecule has 101 heavy (non-hydrogen) atoms. The van der Waals surface area contributed by atoms with E-state index in [1.807, 2.05) is 185 Å². The van der Waals surface area contributed by atoms with E-state index < -0.39 is 5.43 Å². The van der Waals surface area contributed by atoms with Crippen molar-refractivity contribution in [2.75, 3.05) is 10.6 Å². The van der Waals surface area contributed by atoms with Crippen molar-refractivity contribution in [2.24, 2.45) is 0 Å². The van der Waals surface area contributed by atoms with E-state index in [9.17, 15) is 54.3 Å². The number of hydrogen-bond acceptors (Lipinski definition) is 15. The van der Waals surface area contributed by atoms with Crippen molar-refractivity contribution < 1.29 is 63.0 Å². The number of esters is 2. The highest BCUT2D eigenvalue weighted by Crippen LogP contribution is 2.36. The summed E-state index contributed by atoms with van der Waals surface area (Å²) >= 11 is 0. The van der Waals surface area contributed by atoms with Gasteiger partial charge in [0.15, 0.2) is 10.9 Å². The Labute approximate surface area is 580 Å². The Hall–Kier alpha value is -13.0. The normalized spacial score (nSPS) is 11.6. The summed E-state index contributed by atoms with van der Waals surface area (Å²) in [5, 5.41) is 54.1. The second-order valence-corrected chi connectivity index (χ2v) is 24.4. The van der Waals surface area contributed by atoms with Crippen LogP contribution >= 0.6 is 0 Å². The van der Waals surface area contributed by atoms with Crippen LogP contribution < -0.4 is 31.0 Å². The summed E-state index contributed by atoms with van der Waals surface area (Å²) in [7, 11) is 0. The minimum Gasteiger partial charge on any atom is -0.508 e. The summed E-state index contributed by atoms with van der Waals surface area (Å²) < 4.78 is 22.2. The Kier molecular flexibility index (Phi) is 21.6. The zero-order valence-electron chi connectivity index (χ0n) is 55.6. The number of nitrogens with one attached hydrogen (secondary N) is 2. The first-order chi connectivity index (χ1) is 48.7. The van der Waals surface area contributed by atoms with Crippen LogP contribution in [-0.4, -0.2) is 49.3 Å². The summed E-state index contributed by atoms with van der Waals surface area (Å²) in [6.45, 7) is 7.66. The van der Waals surface area contributed by atoms with Crippen molar-refractivity contribution in [1.29, 1.82) is 0 Å². The van der Waals surface area contributed by atoms with Crippen molar-refractivity contribution in [2.45, 2.75) is 66.2 Å². The topological polar surface area (TPSA) is 272 Å². The van der Waals surface area contributed by atoms with Crippen LogP contribution in [0.2, 0.25) is 0 Å². The van der Waals surface area contributed by atoms with Gasteiger partial charge in [0.05, 0.1) is 11.1 Å². The predicted molar refractivity (Wildman–Crippen MR) is 390 cm³/mol. The van der Waals surface area contributed by atoms with E-state index in [1.54, 1.807) is 37.3 Å². The molecule has 17 nitrogen and oxygen atoms in total. The smallest absolute Gasteiger partial charge is 0.343 e. The molecule has 0 unspecified atom stereocenters. The maximum absolute atomic E-state index is 12.7. The number of ether oxygens (including phenoxy) is 2. The van der Waals surface area contributed by atoms with Gasteiger partial charge < -0.3 is 54.5 Å². The molecule has 0 fully saturated rings. The molecule has 2 aliphatic rings. The summed E-state index contributed by atoms with van der Waals surface area (Å²) in [6.07, 6.45) is 7.29. The van der Waals surface area contributed by atoms with Gasteiger partial charge in [-0.2, -0.15) is 0 Å². The van der Waals surface area contributed by atoms with Crippen LogP contribution in [-0.2, 0) is 44.9 Å². The minimum absolute atomic E-state index is 0.00730. The number of hydrogen-bond donors (Lipinski definition) is 7. The van der Waals surface area contributed by atoms with Gasteiger partial charge in [-0.1, -0.05) is 157 Å². The first kappa shape index (κ1) is 69.3. The number of phenols is 5. The Balaban J connectivity index is 0.000000138. The van der Waals surface area contributed by atoms with E-state index in [0.717, 1.165) is 67.8 Å². The van der Waals surface area contributed by atoms with Gasteiger partial charge in [0.2, 0.25) is 11.8 Å². The second kappa shape index (κ2) is 31.5. The standard InChI is InChI=1S/2C26H23NO3.C16H12O5.C16H12O4/c1-18-6-5-9-22(16-18)30-26(29)23-14-12-20-11-13-21(17-24(20)23)27-25(28)15-10-19-7-3-2-4-8-19;1-18-7-13-22(14-8-18)30-26(29)23-15-11-20-10-12-21(17-24(20)23)27-25(28)16-9-19-5-3-2-4-6-19;1-8-2-3-9(4-11(8)18)14-7-13(20)16-12(19)5-10(17)6-15(16)21-14;1-9-2-4-10(5-3-9)14-8-13(19)16-12(18)6-11(17)7-15(16)20-14/h2-9,11,13-14,16-17H,10,12,15H2,1H3,(H,27,28);2-8,10,12-15,17H,9,11,16H2,1H3,(H,27,28);2-7,17-19H,1H3;2-8,17-18H,1H3. The lowest BCUT2D eigenvalue weighted by molar-refractivity contribution is -0.128. The van der Waals surface area contributed by atoms with Crippen LogP contribution in [0.15, 0.2) is 255 Å². The molecule has 2 aliphatic carbocycles. The molecule has 7 N–H and O–H groups in total. The van der Waals surface area contributed by atoms with Gasteiger partial charge in [-0.3, -0.25) is 19.2 Å². The van der Waals surface area contributed by atoms with Crippen molar-refractivity contribution in [3.8, 4) is 62.9 Å². The Morgan fingerprint density at radius 1 is 0.416 bits per heavy atom. The fraction of sp³-hybridized carbons (Fsp3) is 0.119. The van der Waals surface area contributed by atoms with Gasteiger partial charge in [-0.25, -0.2) is 9.59 Å². The zero-order chi connectivity index (χ0) is 71.3. The molecule has 10 aromatic carbocycles. The average molecular weight is 1350 g/mol. The van der Waals surface area contributed by atoms with E-state index in [1.165, 1.54) is 30.3 Å². The maximum atomic E-state index is 12.7. The molecule has 2 heterocycles. The molecular weight excluding hydrogens is 1280 g/mol. The number of benzene rings is 10. The number of anilines is 2. The largest absolute Gasteiger partial charge is 0.508 e. The number of amides is 2. The molecular formula is C84H70N2O15. The van der Waals surface area contributed by atoms with Crippen LogP contribution in [0.1, 0.15) is 68.5 Å². The van der Waals surface area contributed by atoms with E-state index >= 15 is 0 Å². The fourth-order valence-electron chi connectivity index (χ4n) is 11.3. The molecule has 2 aromatic heterocycles. The quantitative estimate of drug-likeness (QED) is 0.0394. The lowest BCUT2D eigenvalue weighted by Crippen LogP contribution is -2.13. The SMILES string of the molecule is Cc1ccc(-c2cc(=O)c3c(O)cc(O)cc3o2)cc1.Cc1ccc(-c2cc(=O)c3c(O)cc(O)cc3o2)cc1O.Cc1ccc(OC(=O)C2=CCc3ccc(NC(=O)CCc4ccccc4)cc32)cc1.Cc1cccc(OC(=O)C2=CCc3ccc(NC(=O)CCc4ccccc4)cc32)c1. The zero-order valence-corrected chi connectivity index (χ0v) is 55.6. The molecule has 17 heteroatoms. The molecule has 0 aliphatic heterocycles. The number of aromatic hydroxyl groups is 5. The first-order valence-corrected chi connectivity index (χ1v) is 32.5. The third kappa shape index (κ3) is 17.8. The average Bonchev–Trinajstić information content (AvgIpc) is 1.77. The summed E-state index contributed by atoms with van der Waals surface area (Å²) in [5.74, 6) is -0.0712. The predicted octanol–water partition coefficient (Wildman–Crippen LogP) is 16.3. The van der Waals surface area contributed by atoms with Crippen molar-refractivity contribution in [3.63, 3.8) is 0 Å². The van der Waals surface area contributed by atoms with Gasteiger partial charge in [0.25, 0.3) is 0 Å². The van der Waals surface area contributed by atoms with Gasteiger partial charge in [0.1, 0.15) is 73.7 Å². The summed E-state index contributed by atoms with van der Waals surface area (Å²) in [6, 6.07) is 65.8. The molecule has 14 rings (SSSR count). The van der Waals surface area contributed by atoms with Gasteiger partial charge in [-0.15, -0.1) is 0 Å². The highest BCUT2D eigenvalue weighted by Gasteiger charge is 2.25. The van der Waals surface area contributed by atoms with Crippen molar-refractivity contribution in [1.82, 2.24) is 0 Å². The lowest BCUT2D eigenvalue weighted by atomic mass is 10.0. The van der Waals surface area contributed by atoms with Crippen LogP contribution in [0, 0.1) is 27.7 Å². The molecule has 2 amide bonds. The summed E-state index contributed by atoms with van der Waals surface area (Å²) in [5.41, 5.74) is 13.1. The number of rotatable bonds is 14. The highest BCUT2D eigenvalue weighted by atomic mass is 16.5. The van der Waals surface area contributed by atoms with Gasteiger partial charge in [-0.05, 0) is 152 Å². The maximum Gasteiger partial charge on any atom is 0.343 e. The third-order valence-corrected chi connectivity index (χ3v) is 16.7. The Morgan fingerprint density at radius 3 is 1.35 bits per heavy atom. The molecule has 0 bridgehead atoms. The van der Waals surface area contributed by atoms with Gasteiger partial charge in [0, 0.05) is 71.7 Å². The highest BCUT2D eigenvalue weighted by molar-refractivity contribution is 6.20. The van der Waals surface area contributed by atoms with Gasteiger partial charge >= 0.3 is 11.9 Å². The third-order valence-electron chi connectivity index (χ3n) is 16.7. The number of phenolic OH excluding ortho intramolecular Hbond substituents is 5. The minimum atomic E-state index is -0.427. The molecule has 0 atom stereocenters. The van der Waals surface area contributed by atoms with E-state index in [-0.39, 0.29) is 85.6 Å². The molecule has 12 aromatic rings. The van der Waals surface area contributed by atoms with Crippen LogP contribution in [0.5, 0.6) is 40.2 Å². The number of carbonyl (C=O) groups is 4. The summed E-state index contributed by atoms with van der Waals surface area (Å²) in [4.78, 5) is 74.3. The monoisotopic (exact) mass is 1350 g/mol. The van der Waals surface area contributed by atoms with E-state index in [4.69, 9.17) is 18.3 Å². The van der Waals surface area contributed by atoms with Crippen LogP contribution in [0.4, 0.5) is 11.4 Å². The van der Waals surface area contributed by atoms with E-state index in [0.29, 0.717) is 89.4 Å². The molecule has 0 radical (unpaired) electrons. The Morgan fingerprint density at radius 2 is 0.871 bits per heavy atom.